The van der Waals surface area contributed by atoms with Crippen molar-refractivity contribution < 1.29 is 9.84 Å². The molecule has 0 spiro atoms. The Morgan fingerprint density at radius 3 is 2.71 bits per heavy atom. The fourth-order valence-electron chi connectivity index (χ4n) is 4.59. The first-order chi connectivity index (χ1) is 18.0. The van der Waals surface area contributed by atoms with E-state index in [2.05, 4.69) is 21.9 Å². The summed E-state index contributed by atoms with van der Waals surface area (Å²) in [6.07, 6.45) is 5.62. The van der Waals surface area contributed by atoms with Crippen molar-refractivity contribution in [2.24, 2.45) is 7.05 Å². The molecule has 3 N–H and O–H groups in total. The van der Waals surface area contributed by atoms with Gasteiger partial charge in [0.2, 0.25) is 5.88 Å². The van der Waals surface area contributed by atoms with Gasteiger partial charge in [0.25, 0.3) is 0 Å². The number of aliphatic hydroxyl groups is 1. The van der Waals surface area contributed by atoms with Gasteiger partial charge in [-0.3, -0.25) is 15.3 Å². The Balaban J connectivity index is 2.23. The zero-order chi connectivity index (χ0) is 28.1. The molecule has 206 valence electrons. The molecule has 0 radical (unpaired) electrons. The predicted molar refractivity (Wildman–Crippen MR) is 154 cm³/mol. The van der Waals surface area contributed by atoms with Gasteiger partial charge in [0, 0.05) is 57.2 Å². The van der Waals surface area contributed by atoms with Gasteiger partial charge in [0.15, 0.2) is 0 Å². The highest BCUT2D eigenvalue weighted by Crippen LogP contribution is 2.34. The summed E-state index contributed by atoms with van der Waals surface area (Å²) in [6, 6.07) is 1.86. The van der Waals surface area contributed by atoms with Gasteiger partial charge in [-0.25, -0.2) is 4.68 Å². The number of amidine groups is 1. The van der Waals surface area contributed by atoms with Gasteiger partial charge in [-0.2, -0.15) is 5.10 Å². The number of aryl methyl sites for hydroxylation is 3. The predicted octanol–water partition coefficient (Wildman–Crippen LogP) is 3.53. The molecule has 38 heavy (non-hydrogen) atoms. The third-order valence-electron chi connectivity index (χ3n) is 6.77. The number of ether oxygens (including phenoxy) is 1. The lowest BCUT2D eigenvalue weighted by Gasteiger charge is -2.28. The molecule has 2 aromatic rings. The lowest BCUT2D eigenvalue weighted by atomic mass is 9.99. The normalized spacial score (nSPS) is 20.6. The number of nitrogens with one attached hydrogen (secondary N) is 2. The topological polar surface area (TPSA) is 103 Å². The maximum Gasteiger partial charge on any atom is 0.221 e. The van der Waals surface area contributed by atoms with Crippen LogP contribution in [0.15, 0.2) is 42.3 Å². The molecule has 9 nitrogen and oxygen atoms in total. The first-order valence-corrected chi connectivity index (χ1v) is 13.1. The Morgan fingerprint density at radius 1 is 1.34 bits per heavy atom. The Labute approximate surface area is 227 Å². The number of fused-ring (bicyclic) bond motifs is 4. The molecule has 1 aliphatic rings. The Morgan fingerprint density at radius 2 is 2.05 bits per heavy atom. The van der Waals surface area contributed by atoms with Crippen molar-refractivity contribution in [2.45, 2.75) is 46.8 Å². The molecule has 0 saturated carbocycles. The smallest absolute Gasteiger partial charge is 0.221 e. The first kappa shape index (κ1) is 29.1. The number of rotatable bonds is 5. The number of aromatic nitrogens is 3. The summed E-state index contributed by atoms with van der Waals surface area (Å²) < 4.78 is 8.24. The number of hydrogen-bond acceptors (Lipinski definition) is 7. The number of likely N-dealkylation sites (N-methyl/N-ethyl adjacent to an activating group) is 2. The molecule has 0 amide bonds. The fourth-order valence-corrected chi connectivity index (χ4v) is 4.59. The Kier molecular flexibility index (Phi) is 9.51. The Bertz CT molecular complexity index is 1240. The average Bonchev–Trinajstić information content (AvgIpc) is 3.14. The molecular formula is C29H43N7O2. The number of hydrogen-bond donors (Lipinski definition) is 3. The summed E-state index contributed by atoms with van der Waals surface area (Å²) >= 11 is 0. The van der Waals surface area contributed by atoms with Crippen molar-refractivity contribution in [3.05, 3.63) is 59.1 Å². The molecule has 2 bridgehead atoms. The van der Waals surface area contributed by atoms with Crippen LogP contribution in [0.2, 0.25) is 0 Å². The van der Waals surface area contributed by atoms with E-state index in [0.717, 1.165) is 44.9 Å². The lowest BCUT2D eigenvalue weighted by molar-refractivity contribution is 0.155. The van der Waals surface area contributed by atoms with E-state index >= 15 is 0 Å². The number of aliphatic hydroxyl groups excluding tert-OH is 1. The van der Waals surface area contributed by atoms with E-state index < -0.39 is 0 Å². The van der Waals surface area contributed by atoms with Gasteiger partial charge >= 0.3 is 0 Å². The summed E-state index contributed by atoms with van der Waals surface area (Å²) in [7, 11) is 5.82. The van der Waals surface area contributed by atoms with Crippen molar-refractivity contribution in [3.63, 3.8) is 0 Å². The number of pyridine rings is 1. The molecule has 2 atom stereocenters. The highest BCUT2D eigenvalue weighted by atomic mass is 16.5. The van der Waals surface area contributed by atoms with E-state index in [4.69, 9.17) is 15.1 Å². The van der Waals surface area contributed by atoms with Gasteiger partial charge in [-0.1, -0.05) is 12.7 Å². The van der Waals surface area contributed by atoms with Crippen LogP contribution in [0.5, 0.6) is 5.88 Å². The summed E-state index contributed by atoms with van der Waals surface area (Å²) in [5, 5.41) is 26.9. The number of nitrogens with zero attached hydrogens (tertiary/aromatic N) is 5. The quantitative estimate of drug-likeness (QED) is 0.409. The number of allylic oxidation sites excluding steroid dienone is 2. The maximum absolute atomic E-state index is 9.80. The van der Waals surface area contributed by atoms with Crippen LogP contribution in [-0.2, 0) is 7.05 Å². The third-order valence-corrected chi connectivity index (χ3v) is 6.77. The van der Waals surface area contributed by atoms with Crippen LogP contribution in [0.25, 0.3) is 16.8 Å². The minimum atomic E-state index is -0.175. The van der Waals surface area contributed by atoms with E-state index in [1.165, 1.54) is 0 Å². The van der Waals surface area contributed by atoms with Crippen LogP contribution in [-0.4, -0.2) is 88.0 Å². The van der Waals surface area contributed by atoms with E-state index in [9.17, 15) is 5.11 Å². The van der Waals surface area contributed by atoms with Crippen LogP contribution in [0.4, 0.5) is 0 Å². The summed E-state index contributed by atoms with van der Waals surface area (Å²) in [6.45, 7) is 16.2. The van der Waals surface area contributed by atoms with Gasteiger partial charge in [0.1, 0.15) is 11.9 Å². The van der Waals surface area contributed by atoms with Crippen molar-refractivity contribution in [2.75, 3.05) is 40.3 Å². The maximum atomic E-state index is 9.80. The minimum Gasteiger partial charge on any atom is -0.473 e. The summed E-state index contributed by atoms with van der Waals surface area (Å²) in [5.41, 5.74) is 6.89. The molecule has 3 heterocycles. The molecule has 2 unspecified atom stereocenters. The molecule has 0 saturated heterocycles. The van der Waals surface area contributed by atoms with Crippen molar-refractivity contribution in [1.82, 2.24) is 29.9 Å². The second-order valence-corrected chi connectivity index (χ2v) is 10.2. The highest BCUT2D eigenvalue weighted by Gasteiger charge is 2.23. The van der Waals surface area contributed by atoms with Gasteiger partial charge in [0.05, 0.1) is 23.6 Å². The van der Waals surface area contributed by atoms with Crippen molar-refractivity contribution in [1.29, 1.82) is 5.41 Å². The molecule has 0 aromatic carbocycles. The first-order valence-electron chi connectivity index (χ1n) is 13.1. The van der Waals surface area contributed by atoms with Crippen LogP contribution >= 0.6 is 0 Å². The van der Waals surface area contributed by atoms with Crippen molar-refractivity contribution >= 4 is 11.4 Å². The van der Waals surface area contributed by atoms with Crippen molar-refractivity contribution in [3.8, 4) is 17.1 Å². The van der Waals surface area contributed by atoms with E-state index in [-0.39, 0.29) is 18.8 Å². The van der Waals surface area contributed by atoms with Gasteiger partial charge in [-0.15, -0.1) is 0 Å². The highest BCUT2D eigenvalue weighted by molar-refractivity contribution is 5.99. The summed E-state index contributed by atoms with van der Waals surface area (Å²) in [5.74, 6) is 1.07. The molecule has 1 aliphatic heterocycles. The molecule has 3 rings (SSSR count). The van der Waals surface area contributed by atoms with Crippen LogP contribution in [0.1, 0.15) is 37.6 Å². The largest absolute Gasteiger partial charge is 0.473 e. The van der Waals surface area contributed by atoms with E-state index in [0.29, 0.717) is 31.3 Å². The van der Waals surface area contributed by atoms with Gasteiger partial charge < -0.3 is 20.1 Å². The van der Waals surface area contributed by atoms with Gasteiger partial charge in [-0.05, 0) is 70.5 Å². The lowest BCUT2D eigenvalue weighted by Crippen LogP contribution is -2.40. The zero-order valence-electron chi connectivity index (χ0n) is 24.1. The molecule has 2 aromatic heterocycles. The minimum absolute atomic E-state index is 0.0189. The van der Waals surface area contributed by atoms with E-state index in [1.807, 2.05) is 85.1 Å². The van der Waals surface area contributed by atoms with E-state index in [1.54, 1.807) is 4.68 Å². The fraction of sp³-hybridized carbons (Fsp3) is 0.483. The van der Waals surface area contributed by atoms with Crippen LogP contribution in [0, 0.1) is 19.3 Å². The summed E-state index contributed by atoms with van der Waals surface area (Å²) in [4.78, 5) is 8.78. The standard InChI is InChI=1S/C29H43N7O2/c1-10-35(8)28(30)23-12-11-18(2)24-13-25(31-14-19(24)3)27-22(6)33-36(9)29(27)38-21(5)15-34(7)16-26(23)32-20(4)17-37/h11-14,20-21,30,32,37H,2,10,15-17H2,1,3-9H3/b12-11+,26-23-,30-28?. The molecule has 9 heteroatoms. The molecular weight excluding hydrogens is 478 g/mol. The average molecular weight is 522 g/mol. The second-order valence-electron chi connectivity index (χ2n) is 10.2. The molecule has 0 fully saturated rings. The van der Waals surface area contributed by atoms with Crippen LogP contribution < -0.4 is 10.1 Å². The zero-order valence-corrected chi connectivity index (χ0v) is 24.1. The molecule has 0 aliphatic carbocycles. The monoisotopic (exact) mass is 521 g/mol. The third kappa shape index (κ3) is 6.52. The SMILES string of the molecule is C=C1/C=C/C(C(=N)N(C)CC)=C(/NC(C)CO)CN(C)CC(C)Oc2c(c(C)nn2C)-c2cc1c(C)cn2. The Hall–Kier alpha value is -3.43. The second kappa shape index (κ2) is 12.4. The van der Waals surface area contributed by atoms with Crippen LogP contribution in [0.3, 0.4) is 0 Å².